The number of fused-ring (bicyclic) bond motifs is 1. The van der Waals surface area contributed by atoms with Gasteiger partial charge in [0.15, 0.2) is 5.78 Å². The molecule has 0 aliphatic carbocycles. The van der Waals surface area contributed by atoms with Crippen molar-refractivity contribution >= 4 is 23.3 Å². The number of alkyl halides is 1. The Bertz CT molecular complexity index is 401. The van der Waals surface area contributed by atoms with E-state index in [0.29, 0.717) is 12.5 Å². The number of ketones is 1. The first-order chi connectivity index (χ1) is 10.0. The van der Waals surface area contributed by atoms with Crippen LogP contribution in [0.3, 0.4) is 0 Å². The molecule has 21 heavy (non-hydrogen) atoms. The van der Waals surface area contributed by atoms with Crippen molar-refractivity contribution in [2.75, 3.05) is 13.2 Å². The summed E-state index contributed by atoms with van der Waals surface area (Å²) in [6, 6.07) is -0.451. The van der Waals surface area contributed by atoms with E-state index in [0.717, 1.165) is 25.7 Å². The fourth-order valence-corrected chi connectivity index (χ4v) is 3.94. The van der Waals surface area contributed by atoms with E-state index in [9.17, 15) is 9.59 Å². The van der Waals surface area contributed by atoms with Gasteiger partial charge in [0.05, 0.1) is 5.38 Å². The zero-order chi connectivity index (χ0) is 15.6. The first kappa shape index (κ1) is 16.8. The smallest absolute Gasteiger partial charge is 0.226 e. The van der Waals surface area contributed by atoms with Crippen molar-refractivity contribution in [1.82, 2.24) is 4.90 Å². The fourth-order valence-electron chi connectivity index (χ4n) is 3.58. The van der Waals surface area contributed by atoms with Gasteiger partial charge >= 0.3 is 0 Å². The summed E-state index contributed by atoms with van der Waals surface area (Å²) in [5, 5.41) is -0.270. The first-order valence-electron chi connectivity index (χ1n) is 8.10. The Kier molecular flexibility index (Phi) is 5.67. The Morgan fingerprint density at radius 2 is 2.19 bits per heavy atom. The van der Waals surface area contributed by atoms with E-state index in [4.69, 9.17) is 16.3 Å². The lowest BCUT2D eigenvalue weighted by atomic mass is 9.86. The molecule has 0 aromatic carbocycles. The summed E-state index contributed by atoms with van der Waals surface area (Å²) in [5.41, 5.74) is 0. The summed E-state index contributed by atoms with van der Waals surface area (Å²) in [4.78, 5) is 26.6. The van der Waals surface area contributed by atoms with Gasteiger partial charge in [-0.05, 0) is 18.8 Å². The van der Waals surface area contributed by atoms with Crippen LogP contribution in [0.25, 0.3) is 0 Å². The number of carbonyl (C=O) groups excluding carboxylic acids is 2. The Balaban J connectivity index is 2.08. The molecule has 2 rings (SSSR count). The molecule has 2 saturated heterocycles. The van der Waals surface area contributed by atoms with Crippen LogP contribution in [0.4, 0.5) is 0 Å². The van der Waals surface area contributed by atoms with Crippen LogP contribution in [0.2, 0.25) is 0 Å². The van der Waals surface area contributed by atoms with Gasteiger partial charge in [0.1, 0.15) is 18.8 Å². The molecule has 5 heteroatoms. The van der Waals surface area contributed by atoms with E-state index in [-0.39, 0.29) is 35.7 Å². The number of unbranched alkanes of at least 4 members (excludes halogenated alkanes) is 1. The number of amides is 1. The van der Waals surface area contributed by atoms with Gasteiger partial charge in [-0.15, -0.1) is 11.6 Å². The Morgan fingerprint density at radius 1 is 1.48 bits per heavy atom. The molecule has 0 bridgehead atoms. The summed E-state index contributed by atoms with van der Waals surface area (Å²) in [6.07, 6.45) is 3.82. The molecular weight excluding hydrogens is 290 g/mol. The van der Waals surface area contributed by atoms with Crippen LogP contribution in [-0.2, 0) is 14.3 Å². The van der Waals surface area contributed by atoms with Crippen LogP contribution >= 0.6 is 11.6 Å². The maximum Gasteiger partial charge on any atom is 0.226 e. The second-order valence-electron chi connectivity index (χ2n) is 6.33. The van der Waals surface area contributed by atoms with Crippen molar-refractivity contribution in [2.45, 2.75) is 64.0 Å². The summed E-state index contributed by atoms with van der Waals surface area (Å²) in [6.45, 7) is 6.86. The molecule has 5 unspecified atom stereocenters. The zero-order valence-corrected chi connectivity index (χ0v) is 13.9. The van der Waals surface area contributed by atoms with E-state index in [1.54, 1.807) is 4.90 Å². The molecule has 2 fully saturated rings. The highest BCUT2D eigenvalue weighted by Gasteiger charge is 2.52. The predicted molar refractivity (Wildman–Crippen MR) is 82.4 cm³/mol. The molecule has 0 aromatic heterocycles. The summed E-state index contributed by atoms with van der Waals surface area (Å²) in [5.74, 6) is 0.394. The molecule has 2 heterocycles. The second-order valence-corrected chi connectivity index (χ2v) is 6.89. The molecule has 0 N–H and O–H groups in total. The highest BCUT2D eigenvalue weighted by molar-refractivity contribution is 6.22. The first-order valence-corrected chi connectivity index (χ1v) is 8.53. The lowest BCUT2D eigenvalue weighted by Crippen LogP contribution is -2.45. The number of nitrogens with zero attached hydrogens (tertiary/aromatic N) is 1. The number of ether oxygens (including phenoxy) is 1. The van der Waals surface area contributed by atoms with Gasteiger partial charge in [-0.3, -0.25) is 9.59 Å². The normalized spacial score (nSPS) is 31.3. The van der Waals surface area contributed by atoms with Crippen molar-refractivity contribution in [3.63, 3.8) is 0 Å². The quantitative estimate of drug-likeness (QED) is 0.708. The Hall–Kier alpha value is -0.610. The number of hydrogen-bond donors (Lipinski definition) is 0. The highest BCUT2D eigenvalue weighted by atomic mass is 35.5. The van der Waals surface area contributed by atoms with Crippen molar-refractivity contribution < 1.29 is 14.3 Å². The molecule has 2 aliphatic heterocycles. The minimum absolute atomic E-state index is 0.00688. The molecule has 2 aliphatic rings. The lowest BCUT2D eigenvalue weighted by Gasteiger charge is -2.29. The number of carbonyl (C=O) groups is 2. The zero-order valence-electron chi connectivity index (χ0n) is 13.2. The van der Waals surface area contributed by atoms with Crippen molar-refractivity contribution in [3.8, 4) is 0 Å². The van der Waals surface area contributed by atoms with Gasteiger partial charge in [0, 0.05) is 12.5 Å². The highest BCUT2D eigenvalue weighted by Crippen LogP contribution is 2.34. The topological polar surface area (TPSA) is 46.6 Å². The Morgan fingerprint density at radius 3 is 2.81 bits per heavy atom. The molecule has 0 aromatic rings. The van der Waals surface area contributed by atoms with Crippen LogP contribution in [0.5, 0.6) is 0 Å². The average Bonchev–Trinajstić information content (AvgIpc) is 2.99. The van der Waals surface area contributed by atoms with Crippen LogP contribution in [0.1, 0.15) is 46.5 Å². The third kappa shape index (κ3) is 3.26. The lowest BCUT2D eigenvalue weighted by molar-refractivity contribution is -0.141. The van der Waals surface area contributed by atoms with Gasteiger partial charge in [-0.2, -0.15) is 0 Å². The number of rotatable bonds is 6. The summed E-state index contributed by atoms with van der Waals surface area (Å²) >= 11 is 6.26. The molecular formula is C16H26ClNO3. The summed E-state index contributed by atoms with van der Waals surface area (Å²) in [7, 11) is 0. The van der Waals surface area contributed by atoms with E-state index in [1.165, 1.54) is 0 Å². The maximum atomic E-state index is 12.9. The molecule has 0 saturated carbocycles. The van der Waals surface area contributed by atoms with E-state index >= 15 is 0 Å². The van der Waals surface area contributed by atoms with Crippen molar-refractivity contribution in [1.29, 1.82) is 0 Å². The standard InChI is InChI=1S/C16H26ClNO3/c1-4-6-7-10(3)11(5-2)16(20)18-8-12(17)15-14(18)13(19)9-21-15/h10-12,14-15H,4-9H2,1-3H3. The third-order valence-corrected chi connectivity index (χ3v) is 5.25. The minimum Gasteiger partial charge on any atom is -0.366 e. The number of Topliss-reactive ketones (excluding diaryl/α,β-unsaturated/α-hetero) is 1. The van der Waals surface area contributed by atoms with Crippen LogP contribution < -0.4 is 0 Å². The van der Waals surface area contributed by atoms with Gasteiger partial charge in [0.25, 0.3) is 0 Å². The molecule has 0 spiro atoms. The molecule has 4 nitrogen and oxygen atoms in total. The number of halogens is 1. The fraction of sp³-hybridized carbons (Fsp3) is 0.875. The van der Waals surface area contributed by atoms with Crippen molar-refractivity contribution in [3.05, 3.63) is 0 Å². The van der Waals surface area contributed by atoms with Gasteiger partial charge in [-0.25, -0.2) is 0 Å². The second kappa shape index (κ2) is 7.10. The van der Waals surface area contributed by atoms with E-state index in [2.05, 4.69) is 13.8 Å². The average molecular weight is 316 g/mol. The maximum absolute atomic E-state index is 12.9. The molecule has 5 atom stereocenters. The van der Waals surface area contributed by atoms with E-state index in [1.807, 2.05) is 6.92 Å². The van der Waals surface area contributed by atoms with Crippen LogP contribution in [0, 0.1) is 11.8 Å². The molecule has 120 valence electrons. The monoisotopic (exact) mass is 315 g/mol. The largest absolute Gasteiger partial charge is 0.366 e. The van der Waals surface area contributed by atoms with Gasteiger partial charge in [-0.1, -0.05) is 33.6 Å². The van der Waals surface area contributed by atoms with Gasteiger partial charge in [0.2, 0.25) is 5.91 Å². The molecule has 0 radical (unpaired) electrons. The SMILES string of the molecule is CCCCC(C)C(CC)C(=O)N1CC(Cl)C2OCC(=O)C21. The van der Waals surface area contributed by atoms with Crippen LogP contribution in [0.15, 0.2) is 0 Å². The number of hydrogen-bond acceptors (Lipinski definition) is 3. The molecule has 1 amide bonds. The van der Waals surface area contributed by atoms with Crippen LogP contribution in [-0.4, -0.2) is 47.3 Å². The van der Waals surface area contributed by atoms with Gasteiger partial charge < -0.3 is 9.64 Å². The number of likely N-dealkylation sites (tertiary alicyclic amines) is 1. The van der Waals surface area contributed by atoms with Crippen molar-refractivity contribution in [2.24, 2.45) is 11.8 Å². The van der Waals surface area contributed by atoms with E-state index < -0.39 is 6.04 Å². The minimum atomic E-state index is -0.451. The summed E-state index contributed by atoms with van der Waals surface area (Å²) < 4.78 is 5.45. The third-order valence-electron chi connectivity index (χ3n) is 4.86. The Labute approximate surface area is 132 Å². The predicted octanol–water partition coefficient (Wildman–Crippen LogP) is 2.63.